The van der Waals surface area contributed by atoms with E-state index >= 15 is 0 Å². The lowest BCUT2D eigenvalue weighted by Gasteiger charge is -2.33. The first-order chi connectivity index (χ1) is 36.5. The molecule has 7 rings (SSSR count). The molecule has 0 heterocycles. The summed E-state index contributed by atoms with van der Waals surface area (Å²) in [6, 6.07) is 45.0. The average Bonchev–Trinajstić information content (AvgIpc) is 3.69. The van der Waals surface area contributed by atoms with Crippen LogP contribution < -0.4 is 23.2 Å². The summed E-state index contributed by atoms with van der Waals surface area (Å²) in [6.45, 7) is 11.1. The van der Waals surface area contributed by atoms with E-state index < -0.39 is 14.1 Å². The van der Waals surface area contributed by atoms with Crippen LogP contribution in [0.1, 0.15) is 98.2 Å². The van der Waals surface area contributed by atoms with E-state index in [4.69, 9.17) is 41.9 Å². The van der Waals surface area contributed by atoms with Gasteiger partial charge in [-0.25, -0.2) is 0 Å². The zero-order valence-electron chi connectivity index (χ0n) is 43.0. The number of aryl methyl sites for hydroxylation is 1. The monoisotopic (exact) mass is 1130 g/mol. The van der Waals surface area contributed by atoms with Crippen LogP contribution in [-0.4, -0.2) is 55.8 Å². The van der Waals surface area contributed by atoms with Gasteiger partial charge in [-0.15, -0.1) is 24.4 Å². The molecule has 1 aliphatic carbocycles. The number of unbranched alkanes of at least 4 members (excludes halogenated alkanes) is 2. The van der Waals surface area contributed by atoms with Crippen molar-refractivity contribution in [3.8, 4) is 46.0 Å². The van der Waals surface area contributed by atoms with Crippen molar-refractivity contribution in [2.75, 3.05) is 38.7 Å². The normalized spacial score (nSPS) is 12.8. The third kappa shape index (κ3) is 16.1. The number of hydrazone groups is 2. The molecule has 6 aromatic rings. The van der Waals surface area contributed by atoms with Gasteiger partial charge >= 0.3 is 14.1 Å². The summed E-state index contributed by atoms with van der Waals surface area (Å²) in [5.41, 5.74) is 12.1. The number of hydrogen-bond acceptors (Lipinski definition) is 9. The quantitative estimate of drug-likeness (QED) is 0.0227. The highest BCUT2D eigenvalue weighted by molar-refractivity contribution is 8.02. The number of fused-ring (bicyclic) bond motifs is 3. The third-order valence-corrected chi connectivity index (χ3v) is 17.6. The maximum atomic E-state index is 6.16. The third-order valence-electron chi connectivity index (χ3n) is 12.5. The van der Waals surface area contributed by atoms with Crippen molar-refractivity contribution in [3.63, 3.8) is 0 Å². The first-order valence-corrected chi connectivity index (χ1v) is 31.2. The highest BCUT2D eigenvalue weighted by Crippen LogP contribution is 2.54. The van der Waals surface area contributed by atoms with E-state index in [0.717, 1.165) is 46.8 Å². The second-order valence-corrected chi connectivity index (χ2v) is 23.6. The Morgan fingerprint density at radius 2 is 1.17 bits per heavy atom. The summed E-state index contributed by atoms with van der Waals surface area (Å²) in [5.74, 6) is 9.68. The number of hydrogen-bond donors (Lipinski definition) is 0. The molecular weight excluding hydrogens is 1070 g/mol. The zero-order valence-corrected chi connectivity index (χ0v) is 49.2. The van der Waals surface area contributed by atoms with E-state index in [-0.39, 0.29) is 5.41 Å². The molecule has 0 N–H and O–H groups in total. The van der Waals surface area contributed by atoms with Gasteiger partial charge in [0.1, 0.15) is 18.1 Å². The highest BCUT2D eigenvalue weighted by atomic mass is 32.4. The molecule has 2 atom stereocenters. The molecule has 0 saturated heterocycles. The average molecular weight is 1130 g/mol. The first kappa shape index (κ1) is 56.9. The van der Waals surface area contributed by atoms with Gasteiger partial charge in [-0.05, 0) is 169 Å². The Balaban J connectivity index is 0.844. The number of nitrogens with zero attached hydrogens (tertiary/aromatic N) is 8. The molecule has 0 spiro atoms. The number of anilines is 1. The molecule has 0 aromatic heterocycles. The van der Waals surface area contributed by atoms with Crippen LogP contribution in [0.4, 0.5) is 5.69 Å². The van der Waals surface area contributed by atoms with Gasteiger partial charge in [0, 0.05) is 37.8 Å². The van der Waals surface area contributed by atoms with Crippen molar-refractivity contribution in [3.05, 3.63) is 172 Å². The Morgan fingerprint density at radius 1 is 0.653 bits per heavy atom. The minimum Gasteiger partial charge on any atom is -0.492 e. The fourth-order valence-electron chi connectivity index (χ4n) is 8.58. The summed E-state index contributed by atoms with van der Waals surface area (Å²) < 4.78 is 31.1. The van der Waals surface area contributed by atoms with E-state index in [9.17, 15) is 0 Å². The lowest BCUT2D eigenvalue weighted by Crippen LogP contribution is -2.28. The van der Waals surface area contributed by atoms with Crippen LogP contribution in [0.5, 0.6) is 23.0 Å². The lowest BCUT2D eigenvalue weighted by molar-refractivity contribution is 0.324. The lowest BCUT2D eigenvalue weighted by atomic mass is 9.70. The Hall–Kier alpha value is -5.84. The van der Waals surface area contributed by atoms with E-state index in [1.54, 1.807) is 36.1 Å². The largest absolute Gasteiger partial charge is 0.540 e. The van der Waals surface area contributed by atoms with Crippen LogP contribution in [0.2, 0.25) is 0 Å². The Bertz CT molecular complexity index is 3090. The molecular formula is C56H61N8O4P5S2+2. The summed E-state index contributed by atoms with van der Waals surface area (Å²) in [4.78, 5) is 9.41. The maximum absolute atomic E-state index is 6.16. The van der Waals surface area contributed by atoms with Gasteiger partial charge < -0.3 is 14.2 Å². The summed E-state index contributed by atoms with van der Waals surface area (Å²) in [6.07, 6.45) is 10.6. The van der Waals surface area contributed by atoms with Gasteiger partial charge in [-0.2, -0.15) is 0 Å². The number of likely N-dealkylation sites (N-methyl/N-ethyl adjacent to an activating group) is 1. The predicted octanol–water partition coefficient (Wildman–Crippen LogP) is 16.9. The minimum absolute atomic E-state index is 0.0498. The molecule has 2 unspecified atom stereocenters. The van der Waals surface area contributed by atoms with E-state index in [1.807, 2.05) is 72.8 Å². The van der Waals surface area contributed by atoms with E-state index in [0.29, 0.717) is 41.0 Å². The Kier molecular flexibility index (Phi) is 21.9. The van der Waals surface area contributed by atoms with Gasteiger partial charge in [-0.1, -0.05) is 90.8 Å². The minimum atomic E-state index is -1.47. The van der Waals surface area contributed by atoms with Crippen LogP contribution in [0.25, 0.3) is 11.1 Å². The maximum Gasteiger partial charge on any atom is 0.540 e. The van der Waals surface area contributed by atoms with Crippen LogP contribution in [0.3, 0.4) is 0 Å². The molecule has 0 fully saturated rings. The van der Waals surface area contributed by atoms with Crippen molar-refractivity contribution in [1.29, 1.82) is 0 Å². The number of benzene rings is 6. The molecule has 0 bridgehead atoms. The topological polar surface area (TPSA) is 108 Å². The standard InChI is InChI=1S/C56H61N8O4P5S2/c1-7-10-34-56(35-11-8-2)54-38-42(4)12-32-52(54)53-33-21-44(39-55(53)56)14-13-43-15-22-47(23-16-43)64(9-3)36-37-65-48-28-30-51(31-29-48)68-73(75)63(6)58-41-46-19-26-50(27-20-46)67-72(74)62(5)57-40-45-17-24-49(25-18-45)66-71-61-70-60-59-69/h12,15-33,38-41,69H,7-11,34-37H2,1-6H3/q+2. The summed E-state index contributed by atoms with van der Waals surface area (Å²) in [5, 5.41) is 8.99. The number of rotatable bonds is 26. The van der Waals surface area contributed by atoms with E-state index in [1.165, 1.54) is 66.3 Å². The number of ether oxygens (including phenoxy) is 1. The fraction of sp³-hybridized carbons (Fsp3) is 0.286. The molecule has 1 aliphatic rings. The van der Waals surface area contributed by atoms with E-state index in [2.05, 4.69) is 139 Å². The molecule has 12 nitrogen and oxygen atoms in total. The predicted molar refractivity (Wildman–Crippen MR) is 322 cm³/mol. The second kappa shape index (κ2) is 28.9. The van der Waals surface area contributed by atoms with Crippen molar-refractivity contribution in [2.45, 2.75) is 71.6 Å². The van der Waals surface area contributed by atoms with Crippen molar-refractivity contribution in [2.24, 2.45) is 24.4 Å². The fourth-order valence-corrected chi connectivity index (χ4v) is 11.3. The molecule has 6 aromatic carbocycles. The van der Waals surface area contributed by atoms with Crippen LogP contribution in [-0.2, 0) is 29.0 Å². The summed E-state index contributed by atoms with van der Waals surface area (Å²) >= 11 is 11.3. The molecule has 0 aliphatic heterocycles. The van der Waals surface area contributed by atoms with Crippen LogP contribution in [0, 0.1) is 18.8 Å². The van der Waals surface area contributed by atoms with Crippen LogP contribution in [0.15, 0.2) is 158 Å². The summed E-state index contributed by atoms with van der Waals surface area (Å²) in [7, 11) is 4.44. The van der Waals surface area contributed by atoms with Crippen molar-refractivity contribution < 1.29 is 18.3 Å². The molecule has 0 saturated carbocycles. The van der Waals surface area contributed by atoms with Crippen LogP contribution >= 0.6 is 40.3 Å². The van der Waals surface area contributed by atoms with Crippen molar-refractivity contribution in [1.82, 2.24) is 9.56 Å². The second-order valence-electron chi connectivity index (χ2n) is 17.6. The molecule has 0 amide bonds. The van der Waals surface area contributed by atoms with Gasteiger partial charge in [0.15, 0.2) is 20.0 Å². The van der Waals surface area contributed by atoms with Gasteiger partial charge in [-0.3, -0.25) is 9.05 Å². The highest BCUT2D eigenvalue weighted by Gasteiger charge is 2.42. The Labute approximate surface area is 460 Å². The molecule has 75 heavy (non-hydrogen) atoms. The van der Waals surface area contributed by atoms with Gasteiger partial charge in [0.25, 0.3) is 8.60 Å². The Morgan fingerprint density at radius 3 is 1.75 bits per heavy atom. The zero-order chi connectivity index (χ0) is 53.0. The molecule has 384 valence electrons. The molecule has 0 radical (unpaired) electrons. The SMILES string of the molecule is CCCCC1(CCCC)c2cc(C)ccc2-c2ccc(C#Cc3ccc(N(CC)CCOc4ccc(O[P+](=S)N(C)N=Cc5ccc(O[P+](=S)N(C)N=Cc6ccc(OP=NP=NN=P)cc6)cc5)cc4)cc3)cc21. The van der Waals surface area contributed by atoms with Crippen molar-refractivity contribution >= 4 is 82.0 Å². The smallest absolute Gasteiger partial charge is 0.492 e. The van der Waals surface area contributed by atoms with Gasteiger partial charge in [0.2, 0.25) is 23.6 Å². The first-order valence-electron chi connectivity index (χ1n) is 24.8. The van der Waals surface area contributed by atoms with Gasteiger partial charge in [0.05, 0.1) is 33.1 Å². The molecule has 19 heteroatoms.